The molecule has 0 saturated heterocycles. The van der Waals surface area contributed by atoms with Crippen molar-refractivity contribution in [3.8, 4) is 12.3 Å². The summed E-state index contributed by atoms with van der Waals surface area (Å²) in [6, 6.07) is 8.58. The Kier molecular flexibility index (Phi) is 4.18. The van der Waals surface area contributed by atoms with E-state index in [9.17, 15) is 0 Å². The van der Waals surface area contributed by atoms with Crippen LogP contribution in [0.15, 0.2) is 29.2 Å². The van der Waals surface area contributed by atoms with Gasteiger partial charge in [-0.3, -0.25) is 0 Å². The van der Waals surface area contributed by atoms with Gasteiger partial charge in [-0.25, -0.2) is 0 Å². The molecule has 0 heterocycles. The maximum absolute atomic E-state index is 5.20. The first-order chi connectivity index (χ1) is 7.88. The standard InChI is InChI=1S/C14H17NS/c1-2-11-15-12-7-9-14(10-8-12)16-13-5-3-4-6-13/h1,7-10,13,15H,3-6,11H2. The van der Waals surface area contributed by atoms with Crippen LogP contribution in [0.5, 0.6) is 0 Å². The molecule has 0 amide bonds. The Morgan fingerprint density at radius 1 is 1.25 bits per heavy atom. The molecule has 0 spiro atoms. The molecule has 0 unspecified atom stereocenters. The summed E-state index contributed by atoms with van der Waals surface area (Å²) in [5.41, 5.74) is 1.11. The summed E-state index contributed by atoms with van der Waals surface area (Å²) in [7, 11) is 0. The van der Waals surface area contributed by atoms with Crippen LogP contribution >= 0.6 is 11.8 Å². The van der Waals surface area contributed by atoms with Gasteiger partial charge in [-0.2, -0.15) is 0 Å². The number of rotatable bonds is 4. The minimum atomic E-state index is 0.592. The van der Waals surface area contributed by atoms with E-state index in [1.807, 2.05) is 11.8 Å². The first-order valence-electron chi connectivity index (χ1n) is 5.82. The van der Waals surface area contributed by atoms with Crippen molar-refractivity contribution in [2.75, 3.05) is 11.9 Å². The van der Waals surface area contributed by atoms with E-state index in [0.29, 0.717) is 6.54 Å². The monoisotopic (exact) mass is 231 g/mol. The smallest absolute Gasteiger partial charge is 0.0763 e. The minimum Gasteiger partial charge on any atom is -0.374 e. The summed E-state index contributed by atoms with van der Waals surface area (Å²) in [6.45, 7) is 0.592. The van der Waals surface area contributed by atoms with Gasteiger partial charge in [-0.1, -0.05) is 18.8 Å². The minimum absolute atomic E-state index is 0.592. The van der Waals surface area contributed by atoms with Crippen LogP contribution in [0.3, 0.4) is 0 Å². The molecular weight excluding hydrogens is 214 g/mol. The van der Waals surface area contributed by atoms with Gasteiger partial charge >= 0.3 is 0 Å². The second-order valence-electron chi connectivity index (χ2n) is 4.11. The molecule has 0 aliphatic heterocycles. The zero-order chi connectivity index (χ0) is 11.2. The zero-order valence-corrected chi connectivity index (χ0v) is 10.2. The fourth-order valence-corrected chi connectivity index (χ4v) is 3.25. The number of nitrogens with one attached hydrogen (secondary N) is 1. The Morgan fingerprint density at radius 2 is 1.94 bits per heavy atom. The average Bonchev–Trinajstić information content (AvgIpc) is 2.81. The van der Waals surface area contributed by atoms with E-state index in [1.165, 1.54) is 30.6 Å². The number of hydrogen-bond donors (Lipinski definition) is 1. The van der Waals surface area contributed by atoms with Gasteiger partial charge in [0.25, 0.3) is 0 Å². The van der Waals surface area contributed by atoms with E-state index in [2.05, 4.69) is 35.5 Å². The van der Waals surface area contributed by atoms with Gasteiger partial charge in [0.05, 0.1) is 6.54 Å². The summed E-state index contributed by atoms with van der Waals surface area (Å²) < 4.78 is 0. The Hall–Kier alpha value is -1.07. The van der Waals surface area contributed by atoms with E-state index < -0.39 is 0 Å². The molecular formula is C14H17NS. The van der Waals surface area contributed by atoms with Crippen LogP contribution in [-0.4, -0.2) is 11.8 Å². The van der Waals surface area contributed by atoms with E-state index >= 15 is 0 Å². The first kappa shape index (κ1) is 11.4. The summed E-state index contributed by atoms with van der Waals surface area (Å²) in [6.07, 6.45) is 10.8. The summed E-state index contributed by atoms with van der Waals surface area (Å²) in [5.74, 6) is 2.57. The van der Waals surface area contributed by atoms with Crippen molar-refractivity contribution < 1.29 is 0 Å². The molecule has 2 rings (SSSR count). The molecule has 1 aromatic rings. The lowest BCUT2D eigenvalue weighted by Crippen LogP contribution is -1.98. The fraction of sp³-hybridized carbons (Fsp3) is 0.429. The lowest BCUT2D eigenvalue weighted by Gasteiger charge is -2.09. The molecule has 0 aromatic heterocycles. The lowest BCUT2D eigenvalue weighted by molar-refractivity contribution is 0.886. The maximum atomic E-state index is 5.20. The molecule has 1 aliphatic carbocycles. The van der Waals surface area contributed by atoms with Crippen LogP contribution in [0.1, 0.15) is 25.7 Å². The molecule has 0 bridgehead atoms. The predicted octanol–water partition coefficient (Wildman–Crippen LogP) is 3.77. The van der Waals surface area contributed by atoms with Crippen LogP contribution in [0.25, 0.3) is 0 Å². The van der Waals surface area contributed by atoms with E-state index in [-0.39, 0.29) is 0 Å². The predicted molar refractivity (Wildman–Crippen MR) is 71.9 cm³/mol. The van der Waals surface area contributed by atoms with Gasteiger partial charge in [0.2, 0.25) is 0 Å². The third-order valence-electron chi connectivity index (χ3n) is 2.85. The van der Waals surface area contributed by atoms with Crippen molar-refractivity contribution in [2.45, 2.75) is 35.8 Å². The molecule has 1 fully saturated rings. The third kappa shape index (κ3) is 3.21. The molecule has 84 valence electrons. The highest BCUT2D eigenvalue weighted by Gasteiger charge is 2.15. The van der Waals surface area contributed by atoms with Gasteiger partial charge in [-0.15, -0.1) is 18.2 Å². The maximum Gasteiger partial charge on any atom is 0.0763 e. The SMILES string of the molecule is C#CCNc1ccc(SC2CCCC2)cc1. The molecule has 0 atom stereocenters. The highest BCUT2D eigenvalue weighted by Crippen LogP contribution is 2.34. The van der Waals surface area contributed by atoms with E-state index in [0.717, 1.165) is 10.9 Å². The van der Waals surface area contributed by atoms with E-state index in [1.54, 1.807) is 0 Å². The van der Waals surface area contributed by atoms with Crippen molar-refractivity contribution in [3.05, 3.63) is 24.3 Å². The molecule has 0 radical (unpaired) electrons. The number of thioether (sulfide) groups is 1. The van der Waals surface area contributed by atoms with Crippen LogP contribution in [0, 0.1) is 12.3 Å². The fourth-order valence-electron chi connectivity index (χ4n) is 2.00. The summed E-state index contributed by atoms with van der Waals surface area (Å²) in [4.78, 5) is 1.37. The van der Waals surface area contributed by atoms with Crippen molar-refractivity contribution in [1.82, 2.24) is 0 Å². The Balaban J connectivity index is 1.88. The second-order valence-corrected chi connectivity index (χ2v) is 5.48. The number of anilines is 1. The van der Waals surface area contributed by atoms with Gasteiger partial charge in [0.15, 0.2) is 0 Å². The van der Waals surface area contributed by atoms with Crippen molar-refractivity contribution in [3.63, 3.8) is 0 Å². The first-order valence-corrected chi connectivity index (χ1v) is 6.70. The highest BCUT2D eigenvalue weighted by atomic mass is 32.2. The molecule has 16 heavy (non-hydrogen) atoms. The van der Waals surface area contributed by atoms with Crippen LogP contribution in [0.2, 0.25) is 0 Å². The highest BCUT2D eigenvalue weighted by molar-refractivity contribution is 8.00. The molecule has 1 N–H and O–H groups in total. The lowest BCUT2D eigenvalue weighted by atomic mass is 10.3. The average molecular weight is 231 g/mol. The number of hydrogen-bond acceptors (Lipinski definition) is 2. The normalized spacial score (nSPS) is 15.9. The molecule has 1 aromatic carbocycles. The van der Waals surface area contributed by atoms with Crippen LogP contribution < -0.4 is 5.32 Å². The Morgan fingerprint density at radius 3 is 2.56 bits per heavy atom. The zero-order valence-electron chi connectivity index (χ0n) is 9.41. The second kappa shape index (κ2) is 5.86. The number of benzene rings is 1. The summed E-state index contributed by atoms with van der Waals surface area (Å²) in [5, 5.41) is 4.01. The van der Waals surface area contributed by atoms with Crippen molar-refractivity contribution in [2.24, 2.45) is 0 Å². The van der Waals surface area contributed by atoms with Crippen molar-refractivity contribution >= 4 is 17.4 Å². The molecule has 2 heteroatoms. The van der Waals surface area contributed by atoms with Gasteiger partial charge in [0.1, 0.15) is 0 Å². The molecule has 1 nitrogen and oxygen atoms in total. The largest absolute Gasteiger partial charge is 0.374 e. The van der Waals surface area contributed by atoms with Crippen LogP contribution in [-0.2, 0) is 0 Å². The Bertz CT molecular complexity index is 357. The van der Waals surface area contributed by atoms with E-state index in [4.69, 9.17) is 6.42 Å². The topological polar surface area (TPSA) is 12.0 Å². The molecule has 1 aliphatic rings. The quantitative estimate of drug-likeness (QED) is 0.792. The van der Waals surface area contributed by atoms with Gasteiger partial charge < -0.3 is 5.32 Å². The molecule has 1 saturated carbocycles. The summed E-state index contributed by atoms with van der Waals surface area (Å²) >= 11 is 2.02. The van der Waals surface area contributed by atoms with Crippen LogP contribution in [0.4, 0.5) is 5.69 Å². The third-order valence-corrected chi connectivity index (χ3v) is 4.20. The van der Waals surface area contributed by atoms with Crippen molar-refractivity contribution in [1.29, 1.82) is 0 Å². The Labute approximate surface area is 102 Å². The van der Waals surface area contributed by atoms with Gasteiger partial charge in [0, 0.05) is 15.8 Å². The van der Waals surface area contributed by atoms with Gasteiger partial charge in [-0.05, 0) is 37.1 Å². The number of terminal acetylenes is 1.